The maximum Gasteiger partial charge on any atom is 0.226 e. The number of nitrogens with one attached hydrogen (secondary N) is 1. The largest absolute Gasteiger partial charge is 0.393 e. The summed E-state index contributed by atoms with van der Waals surface area (Å²) in [6, 6.07) is 3.83. The van der Waals surface area contributed by atoms with E-state index in [9.17, 15) is 20.1 Å². The number of anilines is 1. The molecular formula is C32H45N3O4S. The van der Waals surface area contributed by atoms with Crippen molar-refractivity contribution >= 4 is 22.4 Å². The SMILES string of the molecule is CC(CCC(=O)Nc1nc(-c2cccnc2)cs1)C1CCC2C3C(O)CC4CC(O)CCC4(C)C3CC(O)C12C. The Balaban J connectivity index is 1.10. The monoisotopic (exact) mass is 567 g/mol. The first-order valence-electron chi connectivity index (χ1n) is 15.3. The van der Waals surface area contributed by atoms with Crippen molar-refractivity contribution < 1.29 is 20.1 Å². The van der Waals surface area contributed by atoms with Gasteiger partial charge in [0.05, 0.1) is 24.0 Å². The molecule has 4 saturated carbocycles. The Kier molecular flexibility index (Phi) is 7.60. The van der Waals surface area contributed by atoms with Crippen LogP contribution < -0.4 is 5.32 Å². The first-order valence-corrected chi connectivity index (χ1v) is 16.2. The molecule has 0 aliphatic heterocycles. The zero-order valence-electron chi connectivity index (χ0n) is 24.0. The van der Waals surface area contributed by atoms with Crippen LogP contribution >= 0.6 is 11.3 Å². The molecule has 4 fully saturated rings. The summed E-state index contributed by atoms with van der Waals surface area (Å²) in [5.74, 6) is 1.73. The Bertz CT molecular complexity index is 1210. The van der Waals surface area contributed by atoms with Gasteiger partial charge in [0.1, 0.15) is 0 Å². The number of rotatable bonds is 6. The normalized spacial score (nSPS) is 41.5. The summed E-state index contributed by atoms with van der Waals surface area (Å²) in [6.45, 7) is 6.89. The van der Waals surface area contributed by atoms with Crippen molar-refractivity contribution in [2.75, 3.05) is 5.32 Å². The predicted molar refractivity (Wildman–Crippen MR) is 156 cm³/mol. The molecule has 11 atom stereocenters. The molecule has 4 N–H and O–H groups in total. The minimum absolute atomic E-state index is 0.0240. The van der Waals surface area contributed by atoms with Gasteiger partial charge in [0.25, 0.3) is 0 Å². The predicted octanol–water partition coefficient (Wildman–Crippen LogP) is 5.52. The van der Waals surface area contributed by atoms with E-state index < -0.39 is 6.10 Å². The maximum atomic E-state index is 12.9. The van der Waals surface area contributed by atoms with Crippen LogP contribution in [0.15, 0.2) is 29.9 Å². The zero-order chi connectivity index (χ0) is 28.2. The molecule has 4 aliphatic rings. The molecule has 2 heterocycles. The van der Waals surface area contributed by atoms with E-state index in [0.717, 1.165) is 62.6 Å². The Morgan fingerprint density at radius 3 is 2.75 bits per heavy atom. The van der Waals surface area contributed by atoms with Gasteiger partial charge in [-0.3, -0.25) is 9.78 Å². The number of pyridine rings is 1. The fraction of sp³-hybridized carbons (Fsp3) is 0.719. The number of nitrogens with zero attached hydrogens (tertiary/aromatic N) is 2. The molecule has 1 amide bonds. The van der Waals surface area contributed by atoms with Crippen LogP contribution in [0, 0.1) is 46.3 Å². The van der Waals surface area contributed by atoms with Crippen molar-refractivity contribution in [1.82, 2.24) is 9.97 Å². The fourth-order valence-electron chi connectivity index (χ4n) is 9.85. The number of carbonyl (C=O) groups is 1. The second kappa shape index (κ2) is 10.8. The van der Waals surface area contributed by atoms with Crippen LogP contribution in [0.25, 0.3) is 11.3 Å². The minimum Gasteiger partial charge on any atom is -0.393 e. The number of carbonyl (C=O) groups excluding carboxylic acids is 1. The lowest BCUT2D eigenvalue weighted by Crippen LogP contribution is -2.62. The zero-order valence-corrected chi connectivity index (χ0v) is 24.8. The van der Waals surface area contributed by atoms with Crippen molar-refractivity contribution in [3.05, 3.63) is 29.9 Å². The quantitative estimate of drug-likeness (QED) is 0.365. The van der Waals surface area contributed by atoms with E-state index in [1.54, 1.807) is 12.4 Å². The molecule has 2 aromatic heterocycles. The van der Waals surface area contributed by atoms with E-state index in [1.165, 1.54) is 11.3 Å². The highest BCUT2D eigenvalue weighted by molar-refractivity contribution is 7.14. The van der Waals surface area contributed by atoms with Gasteiger partial charge in [-0.05, 0) is 110 Å². The van der Waals surface area contributed by atoms with Gasteiger partial charge in [-0.2, -0.15) is 0 Å². The molecule has 218 valence electrons. The molecule has 11 unspecified atom stereocenters. The van der Waals surface area contributed by atoms with Crippen LogP contribution in [-0.2, 0) is 4.79 Å². The number of aliphatic hydroxyl groups is 3. The van der Waals surface area contributed by atoms with Crippen LogP contribution in [0.4, 0.5) is 5.13 Å². The van der Waals surface area contributed by atoms with Gasteiger partial charge < -0.3 is 20.6 Å². The Morgan fingerprint density at radius 2 is 1.98 bits per heavy atom. The van der Waals surface area contributed by atoms with Crippen LogP contribution in [0.1, 0.15) is 78.6 Å². The molecule has 40 heavy (non-hydrogen) atoms. The summed E-state index contributed by atoms with van der Waals surface area (Å²) in [5.41, 5.74) is 1.58. The number of thiazole rings is 1. The summed E-state index contributed by atoms with van der Waals surface area (Å²) in [5, 5.41) is 39.1. The van der Waals surface area contributed by atoms with Gasteiger partial charge in [-0.1, -0.05) is 20.8 Å². The highest BCUT2D eigenvalue weighted by atomic mass is 32.1. The van der Waals surface area contributed by atoms with Crippen LogP contribution in [0.2, 0.25) is 0 Å². The van der Waals surface area contributed by atoms with Gasteiger partial charge in [0, 0.05) is 29.8 Å². The molecule has 0 saturated heterocycles. The van der Waals surface area contributed by atoms with Gasteiger partial charge in [0.2, 0.25) is 5.91 Å². The van der Waals surface area contributed by atoms with E-state index in [2.05, 4.69) is 36.1 Å². The lowest BCUT2D eigenvalue weighted by Gasteiger charge is -2.63. The number of amides is 1. The summed E-state index contributed by atoms with van der Waals surface area (Å²) in [7, 11) is 0. The maximum absolute atomic E-state index is 12.9. The molecule has 0 bridgehead atoms. The van der Waals surface area contributed by atoms with E-state index in [4.69, 9.17) is 0 Å². The van der Waals surface area contributed by atoms with Crippen molar-refractivity contribution in [2.24, 2.45) is 46.3 Å². The average molecular weight is 568 g/mol. The molecule has 7 nitrogen and oxygen atoms in total. The van der Waals surface area contributed by atoms with E-state index >= 15 is 0 Å². The van der Waals surface area contributed by atoms with Gasteiger partial charge in [0.15, 0.2) is 5.13 Å². The van der Waals surface area contributed by atoms with Gasteiger partial charge in [-0.25, -0.2) is 4.98 Å². The smallest absolute Gasteiger partial charge is 0.226 e. The summed E-state index contributed by atoms with van der Waals surface area (Å²) < 4.78 is 0. The number of aromatic nitrogens is 2. The number of fused-ring (bicyclic) bond motifs is 5. The first kappa shape index (κ1) is 28.3. The van der Waals surface area contributed by atoms with Crippen molar-refractivity contribution in [3.8, 4) is 11.3 Å². The highest BCUT2D eigenvalue weighted by Crippen LogP contribution is 2.68. The van der Waals surface area contributed by atoms with Crippen molar-refractivity contribution in [3.63, 3.8) is 0 Å². The third-order valence-corrected chi connectivity index (χ3v) is 12.8. The molecule has 6 rings (SSSR count). The van der Waals surface area contributed by atoms with Crippen LogP contribution in [0.3, 0.4) is 0 Å². The van der Waals surface area contributed by atoms with E-state index in [-0.39, 0.29) is 34.9 Å². The molecule has 4 aliphatic carbocycles. The topological polar surface area (TPSA) is 116 Å². The van der Waals surface area contributed by atoms with Crippen LogP contribution in [0.5, 0.6) is 0 Å². The number of hydrogen-bond acceptors (Lipinski definition) is 7. The molecule has 2 aromatic rings. The second-order valence-electron chi connectivity index (χ2n) is 13.9. The molecular weight excluding hydrogens is 522 g/mol. The lowest BCUT2D eigenvalue weighted by atomic mass is 9.43. The average Bonchev–Trinajstić information content (AvgIpc) is 3.54. The summed E-state index contributed by atoms with van der Waals surface area (Å²) in [6.07, 6.45) is 9.85. The van der Waals surface area contributed by atoms with Crippen molar-refractivity contribution in [2.45, 2.75) is 96.9 Å². The number of hydrogen-bond donors (Lipinski definition) is 4. The van der Waals surface area contributed by atoms with Gasteiger partial charge >= 0.3 is 0 Å². The molecule has 0 spiro atoms. The molecule has 8 heteroatoms. The first-order chi connectivity index (χ1) is 19.1. The van der Waals surface area contributed by atoms with Gasteiger partial charge in [-0.15, -0.1) is 11.3 Å². The highest BCUT2D eigenvalue weighted by Gasteiger charge is 2.65. The molecule has 0 radical (unpaired) electrons. The Hall–Kier alpha value is -1.87. The van der Waals surface area contributed by atoms with E-state index in [1.807, 2.05) is 17.5 Å². The Labute approximate surface area is 241 Å². The van der Waals surface area contributed by atoms with Crippen molar-refractivity contribution in [1.29, 1.82) is 0 Å². The standard InChI is InChI=1S/C32H45N3O4S/c1-18(6-9-28(39)35-30-34-25(17-40-30)19-5-4-12-33-16-19)22-7-8-23-29-24(15-27(38)32(22,23)3)31(2)11-10-21(36)13-20(31)14-26(29)37/h4-5,12,16-18,20-24,26-27,29,36-38H,6-11,13-15H2,1-3H3,(H,34,35,39). The Morgan fingerprint density at radius 1 is 1.15 bits per heavy atom. The lowest BCUT2D eigenvalue weighted by molar-refractivity contribution is -0.207. The summed E-state index contributed by atoms with van der Waals surface area (Å²) >= 11 is 1.42. The molecule has 0 aromatic carbocycles. The fourth-order valence-corrected chi connectivity index (χ4v) is 10.6. The third kappa shape index (κ3) is 4.73. The van der Waals surface area contributed by atoms with Crippen LogP contribution in [-0.4, -0.2) is 49.5 Å². The van der Waals surface area contributed by atoms with E-state index in [0.29, 0.717) is 41.1 Å². The third-order valence-electron chi connectivity index (χ3n) is 12.1. The summed E-state index contributed by atoms with van der Waals surface area (Å²) in [4.78, 5) is 21.6. The minimum atomic E-state index is -0.404. The number of aliphatic hydroxyl groups excluding tert-OH is 3. The second-order valence-corrected chi connectivity index (χ2v) is 14.7.